The molecule has 0 bridgehead atoms. The maximum atomic E-state index is 4.71. The highest BCUT2D eigenvalue weighted by Gasteiger charge is 2.21. The number of benzene rings is 1. The molecule has 1 aliphatic heterocycles. The zero-order valence-electron chi connectivity index (χ0n) is 14.3. The lowest BCUT2D eigenvalue weighted by Gasteiger charge is -2.22. The molecule has 0 amide bonds. The number of aromatic nitrogens is 2. The number of aryl methyl sites for hydroxylation is 1. The zero-order chi connectivity index (χ0) is 17.2. The van der Waals surface area contributed by atoms with E-state index in [1.807, 2.05) is 0 Å². The summed E-state index contributed by atoms with van der Waals surface area (Å²) in [5.41, 5.74) is 2.55. The van der Waals surface area contributed by atoms with Crippen molar-refractivity contribution in [2.75, 3.05) is 31.1 Å². The van der Waals surface area contributed by atoms with Crippen LogP contribution >= 0.6 is 27.3 Å². The van der Waals surface area contributed by atoms with Crippen molar-refractivity contribution in [1.82, 2.24) is 15.3 Å². The van der Waals surface area contributed by atoms with Gasteiger partial charge in [0.15, 0.2) is 0 Å². The van der Waals surface area contributed by atoms with E-state index in [2.05, 4.69) is 62.3 Å². The molecule has 3 heterocycles. The Bertz CT molecular complexity index is 867. The molecule has 1 saturated heterocycles. The minimum absolute atomic E-state index is 0.989. The number of rotatable bonds is 3. The van der Waals surface area contributed by atoms with E-state index in [0.717, 1.165) is 54.1 Å². The first-order valence-corrected chi connectivity index (χ1v) is 10.4. The van der Waals surface area contributed by atoms with Gasteiger partial charge in [-0.25, -0.2) is 9.97 Å². The van der Waals surface area contributed by atoms with Crippen molar-refractivity contribution in [2.45, 2.75) is 19.8 Å². The Morgan fingerprint density at radius 3 is 2.80 bits per heavy atom. The van der Waals surface area contributed by atoms with Crippen molar-refractivity contribution in [2.24, 2.45) is 0 Å². The molecule has 4 nitrogen and oxygen atoms in total. The van der Waals surface area contributed by atoms with E-state index in [1.54, 1.807) is 17.7 Å². The van der Waals surface area contributed by atoms with Gasteiger partial charge in [-0.3, -0.25) is 0 Å². The van der Waals surface area contributed by atoms with E-state index in [-0.39, 0.29) is 0 Å². The van der Waals surface area contributed by atoms with Crippen LogP contribution in [0.5, 0.6) is 0 Å². The van der Waals surface area contributed by atoms with Crippen LogP contribution in [0.4, 0.5) is 5.82 Å². The first kappa shape index (κ1) is 16.9. The predicted molar refractivity (Wildman–Crippen MR) is 110 cm³/mol. The van der Waals surface area contributed by atoms with E-state index < -0.39 is 0 Å². The Labute approximate surface area is 160 Å². The van der Waals surface area contributed by atoms with Gasteiger partial charge in [-0.2, -0.15) is 0 Å². The Hall–Kier alpha value is -1.50. The van der Waals surface area contributed by atoms with Crippen molar-refractivity contribution >= 4 is 43.3 Å². The number of nitrogens with one attached hydrogen (secondary N) is 1. The molecule has 0 radical (unpaired) electrons. The van der Waals surface area contributed by atoms with Gasteiger partial charge in [0, 0.05) is 34.5 Å². The molecule has 0 atom stereocenters. The topological polar surface area (TPSA) is 41.1 Å². The molecule has 4 rings (SSSR count). The zero-order valence-corrected chi connectivity index (χ0v) is 16.7. The second-order valence-corrected chi connectivity index (χ2v) is 8.23. The van der Waals surface area contributed by atoms with Crippen molar-refractivity contribution in [1.29, 1.82) is 0 Å². The third-order valence-electron chi connectivity index (χ3n) is 4.63. The highest BCUT2D eigenvalue weighted by atomic mass is 79.9. The third kappa shape index (κ3) is 3.30. The second kappa shape index (κ2) is 7.40. The summed E-state index contributed by atoms with van der Waals surface area (Å²) in [6, 6.07) is 8.59. The lowest BCUT2D eigenvalue weighted by atomic mass is 10.0. The van der Waals surface area contributed by atoms with Gasteiger partial charge in [0.05, 0.1) is 5.39 Å². The van der Waals surface area contributed by atoms with Crippen molar-refractivity contribution in [3.8, 4) is 11.1 Å². The molecular weight excluding hydrogens is 396 g/mol. The van der Waals surface area contributed by atoms with E-state index in [0.29, 0.717) is 0 Å². The average molecular weight is 417 g/mol. The van der Waals surface area contributed by atoms with Crippen molar-refractivity contribution in [3.63, 3.8) is 0 Å². The summed E-state index contributed by atoms with van der Waals surface area (Å²) in [6.07, 6.45) is 3.87. The Morgan fingerprint density at radius 2 is 2.00 bits per heavy atom. The number of fused-ring (bicyclic) bond motifs is 1. The Morgan fingerprint density at radius 1 is 1.16 bits per heavy atom. The second-order valence-electron chi connectivity index (χ2n) is 6.23. The summed E-state index contributed by atoms with van der Waals surface area (Å²) in [5.74, 6) is 1.09. The molecule has 0 spiro atoms. The molecule has 130 valence electrons. The fourth-order valence-electron chi connectivity index (χ4n) is 3.43. The molecular formula is C19H21BrN4S. The monoisotopic (exact) mass is 416 g/mol. The van der Waals surface area contributed by atoms with E-state index in [4.69, 9.17) is 4.98 Å². The molecule has 0 aliphatic carbocycles. The lowest BCUT2D eigenvalue weighted by molar-refractivity contribution is 0.724. The van der Waals surface area contributed by atoms with Gasteiger partial charge in [-0.1, -0.05) is 35.0 Å². The summed E-state index contributed by atoms with van der Waals surface area (Å²) in [6.45, 7) is 6.33. The SMILES string of the molecule is CCc1sc2ncnc(N3CCCNCC3)c2c1-c1ccc(Br)cc1. The van der Waals surface area contributed by atoms with Gasteiger partial charge in [-0.05, 0) is 37.1 Å². The van der Waals surface area contributed by atoms with Gasteiger partial charge in [0.1, 0.15) is 17.0 Å². The summed E-state index contributed by atoms with van der Waals surface area (Å²) in [4.78, 5) is 14.2. The lowest BCUT2D eigenvalue weighted by Crippen LogP contribution is -2.28. The molecule has 6 heteroatoms. The average Bonchev–Trinajstić information content (AvgIpc) is 2.81. The van der Waals surface area contributed by atoms with Gasteiger partial charge in [-0.15, -0.1) is 11.3 Å². The van der Waals surface area contributed by atoms with Crippen LogP contribution in [0.15, 0.2) is 35.1 Å². The first-order chi connectivity index (χ1) is 12.3. The number of hydrogen-bond acceptors (Lipinski definition) is 5. The summed E-state index contributed by atoms with van der Waals surface area (Å²) in [7, 11) is 0. The minimum Gasteiger partial charge on any atom is -0.355 e. The number of nitrogens with zero attached hydrogens (tertiary/aromatic N) is 3. The van der Waals surface area contributed by atoms with Crippen LogP contribution in [0.25, 0.3) is 21.3 Å². The summed E-state index contributed by atoms with van der Waals surface area (Å²) < 4.78 is 1.10. The van der Waals surface area contributed by atoms with Gasteiger partial charge < -0.3 is 10.2 Å². The number of thiophene rings is 1. The molecule has 1 N–H and O–H groups in total. The Kier molecular flexibility index (Phi) is 5.01. The maximum Gasteiger partial charge on any atom is 0.141 e. The largest absolute Gasteiger partial charge is 0.355 e. The molecule has 25 heavy (non-hydrogen) atoms. The quantitative estimate of drug-likeness (QED) is 0.682. The Balaban J connectivity index is 1.92. The van der Waals surface area contributed by atoms with Crippen molar-refractivity contribution < 1.29 is 0 Å². The van der Waals surface area contributed by atoms with E-state index in [1.165, 1.54) is 21.4 Å². The number of hydrogen-bond donors (Lipinski definition) is 1. The normalized spacial score (nSPS) is 15.5. The minimum atomic E-state index is 0.989. The molecule has 0 saturated carbocycles. The smallest absolute Gasteiger partial charge is 0.141 e. The molecule has 3 aromatic rings. The van der Waals surface area contributed by atoms with E-state index >= 15 is 0 Å². The molecule has 0 unspecified atom stereocenters. The standard InChI is InChI=1S/C19H21BrN4S/c1-2-15-16(13-4-6-14(20)7-5-13)17-18(22-12-23-19(17)25-15)24-10-3-8-21-9-11-24/h4-7,12,21H,2-3,8-11H2,1H3. The number of halogens is 1. The predicted octanol–water partition coefficient (Wildman–Crippen LogP) is 4.48. The number of anilines is 1. The van der Waals surface area contributed by atoms with Crippen LogP contribution in [0.1, 0.15) is 18.2 Å². The molecule has 1 aromatic carbocycles. The van der Waals surface area contributed by atoms with Crippen LogP contribution in [-0.4, -0.2) is 36.1 Å². The van der Waals surface area contributed by atoms with Gasteiger partial charge in [0.2, 0.25) is 0 Å². The first-order valence-electron chi connectivity index (χ1n) is 8.76. The fraction of sp³-hybridized carbons (Fsp3) is 0.368. The van der Waals surface area contributed by atoms with Crippen LogP contribution in [0.2, 0.25) is 0 Å². The van der Waals surface area contributed by atoms with Crippen LogP contribution in [-0.2, 0) is 6.42 Å². The summed E-state index contributed by atoms with van der Waals surface area (Å²) >= 11 is 5.34. The molecule has 1 aliphatic rings. The molecule has 1 fully saturated rings. The molecule has 2 aromatic heterocycles. The van der Waals surface area contributed by atoms with E-state index in [9.17, 15) is 0 Å². The van der Waals surface area contributed by atoms with Crippen LogP contribution < -0.4 is 10.2 Å². The third-order valence-corrected chi connectivity index (χ3v) is 6.41. The maximum absolute atomic E-state index is 4.71. The van der Waals surface area contributed by atoms with Crippen LogP contribution in [0.3, 0.4) is 0 Å². The summed E-state index contributed by atoms with van der Waals surface area (Å²) in [5, 5.41) is 4.69. The highest BCUT2D eigenvalue weighted by molar-refractivity contribution is 9.10. The fourth-order valence-corrected chi connectivity index (χ4v) is 4.79. The van der Waals surface area contributed by atoms with Gasteiger partial charge >= 0.3 is 0 Å². The van der Waals surface area contributed by atoms with Crippen LogP contribution in [0, 0.1) is 0 Å². The highest BCUT2D eigenvalue weighted by Crippen LogP contribution is 2.42. The van der Waals surface area contributed by atoms with Crippen molar-refractivity contribution in [3.05, 3.63) is 39.9 Å². The van der Waals surface area contributed by atoms with Gasteiger partial charge in [0.25, 0.3) is 0 Å².